The first-order valence-corrected chi connectivity index (χ1v) is 12.5. The molecule has 0 saturated carbocycles. The molecule has 0 bridgehead atoms. The maximum Gasteiger partial charge on any atom is 0.204 e. The molecule has 0 aliphatic heterocycles. The van der Waals surface area contributed by atoms with Gasteiger partial charge in [-0.2, -0.15) is 0 Å². The molecule has 0 spiro atoms. The molecule has 1 aliphatic rings. The van der Waals surface area contributed by atoms with E-state index >= 15 is 0 Å². The monoisotopic (exact) mass is 498 g/mol. The number of phenolic OH excluding ortho intramolecular Hbond substituents is 4. The zero-order valence-corrected chi connectivity index (χ0v) is 20.7. The standard InChI is InChI=1S/C34H26O4/c1-3-21-22(4-2)26(18-20-14-8-9-15-23(20)21)28-25-17-11-10-16-24(25)27(19-12-6-5-7-13-19)29-30(28)32(36)34(38)33(37)31(29)35/h3-7,9-13,15-18,35-38H,1-2,8,14H2. The number of aryl methyl sites for hydroxylation is 1. The van der Waals surface area contributed by atoms with Gasteiger partial charge in [-0.15, -0.1) is 0 Å². The van der Waals surface area contributed by atoms with E-state index in [4.69, 9.17) is 0 Å². The maximum absolute atomic E-state index is 11.4. The summed E-state index contributed by atoms with van der Waals surface area (Å²) in [5.74, 6) is -2.53. The fourth-order valence-corrected chi connectivity index (χ4v) is 5.84. The molecule has 0 unspecified atom stereocenters. The van der Waals surface area contributed by atoms with E-state index in [0.717, 1.165) is 57.0 Å². The van der Waals surface area contributed by atoms with Crippen LogP contribution in [-0.4, -0.2) is 20.4 Å². The van der Waals surface area contributed by atoms with Crippen LogP contribution >= 0.6 is 0 Å². The van der Waals surface area contributed by atoms with Crippen LogP contribution in [0.1, 0.15) is 28.7 Å². The normalized spacial score (nSPS) is 12.5. The Hall–Kier alpha value is -4.96. The van der Waals surface area contributed by atoms with Crippen molar-refractivity contribution in [2.45, 2.75) is 12.8 Å². The van der Waals surface area contributed by atoms with Gasteiger partial charge in [0.25, 0.3) is 0 Å². The lowest BCUT2D eigenvalue weighted by atomic mass is 9.80. The Labute approximate surface area is 220 Å². The molecule has 0 radical (unpaired) electrons. The Balaban J connectivity index is 1.93. The zero-order chi connectivity index (χ0) is 26.6. The van der Waals surface area contributed by atoms with Gasteiger partial charge in [-0.3, -0.25) is 0 Å². The Morgan fingerprint density at radius 1 is 0.658 bits per heavy atom. The smallest absolute Gasteiger partial charge is 0.204 e. The molecular formula is C34H26O4. The van der Waals surface area contributed by atoms with Gasteiger partial charge in [-0.1, -0.05) is 92.1 Å². The van der Waals surface area contributed by atoms with Gasteiger partial charge in [0, 0.05) is 21.9 Å². The number of hydrogen-bond acceptors (Lipinski definition) is 4. The van der Waals surface area contributed by atoms with Gasteiger partial charge in [0.2, 0.25) is 11.5 Å². The average molecular weight is 499 g/mol. The van der Waals surface area contributed by atoms with Gasteiger partial charge in [0.05, 0.1) is 0 Å². The van der Waals surface area contributed by atoms with Crippen LogP contribution in [0.25, 0.3) is 62.0 Å². The molecule has 38 heavy (non-hydrogen) atoms. The lowest BCUT2D eigenvalue weighted by Gasteiger charge is -2.24. The summed E-state index contributed by atoms with van der Waals surface area (Å²) in [5.41, 5.74) is 6.86. The van der Waals surface area contributed by atoms with Gasteiger partial charge in [0.1, 0.15) is 0 Å². The van der Waals surface area contributed by atoms with E-state index in [2.05, 4.69) is 31.4 Å². The van der Waals surface area contributed by atoms with Gasteiger partial charge in [-0.05, 0) is 63.1 Å². The van der Waals surface area contributed by atoms with Crippen LogP contribution in [-0.2, 0) is 6.42 Å². The second-order valence-electron chi connectivity index (χ2n) is 9.48. The van der Waals surface area contributed by atoms with Crippen molar-refractivity contribution in [3.8, 4) is 45.3 Å². The lowest BCUT2D eigenvalue weighted by Crippen LogP contribution is -2.02. The third kappa shape index (κ3) is 3.24. The van der Waals surface area contributed by atoms with Crippen LogP contribution in [0.5, 0.6) is 23.0 Å². The molecule has 0 aromatic heterocycles. The highest BCUT2D eigenvalue weighted by Crippen LogP contribution is 2.57. The van der Waals surface area contributed by atoms with Crippen LogP contribution < -0.4 is 0 Å². The number of aromatic hydroxyl groups is 4. The van der Waals surface area contributed by atoms with Crippen LogP contribution in [0.2, 0.25) is 0 Å². The molecule has 0 fully saturated rings. The van der Waals surface area contributed by atoms with E-state index in [1.54, 1.807) is 6.08 Å². The molecule has 5 aromatic rings. The minimum absolute atomic E-state index is 0.250. The van der Waals surface area contributed by atoms with E-state index in [9.17, 15) is 20.4 Å². The second-order valence-corrected chi connectivity index (χ2v) is 9.48. The summed E-state index contributed by atoms with van der Waals surface area (Å²) in [7, 11) is 0. The van der Waals surface area contributed by atoms with E-state index in [1.165, 1.54) is 0 Å². The number of fused-ring (bicyclic) bond motifs is 3. The van der Waals surface area contributed by atoms with Crippen molar-refractivity contribution < 1.29 is 20.4 Å². The van der Waals surface area contributed by atoms with E-state index in [1.807, 2.05) is 60.7 Å². The van der Waals surface area contributed by atoms with Crippen molar-refractivity contribution in [1.82, 2.24) is 0 Å². The summed E-state index contributed by atoms with van der Waals surface area (Å²) in [6, 6.07) is 19.4. The molecule has 186 valence electrons. The molecule has 4 heteroatoms. The number of benzene rings is 5. The molecule has 0 saturated heterocycles. The minimum Gasteiger partial charge on any atom is -0.504 e. The van der Waals surface area contributed by atoms with Crippen molar-refractivity contribution in [2.75, 3.05) is 0 Å². The quantitative estimate of drug-likeness (QED) is 0.114. The summed E-state index contributed by atoms with van der Waals surface area (Å²) < 4.78 is 0. The first-order chi connectivity index (χ1) is 18.5. The third-order valence-corrected chi connectivity index (χ3v) is 7.50. The summed E-state index contributed by atoms with van der Waals surface area (Å²) in [6.45, 7) is 8.17. The van der Waals surface area contributed by atoms with Crippen molar-refractivity contribution in [1.29, 1.82) is 0 Å². The largest absolute Gasteiger partial charge is 0.504 e. The minimum atomic E-state index is -0.768. The molecule has 5 aromatic carbocycles. The van der Waals surface area contributed by atoms with Gasteiger partial charge in [-0.25, -0.2) is 0 Å². The molecule has 1 aliphatic carbocycles. The number of phenols is 4. The van der Waals surface area contributed by atoms with Crippen LogP contribution in [0.4, 0.5) is 0 Å². The number of hydrogen-bond donors (Lipinski definition) is 4. The van der Waals surface area contributed by atoms with Gasteiger partial charge >= 0.3 is 0 Å². The molecule has 0 atom stereocenters. The Morgan fingerprint density at radius 2 is 1.24 bits per heavy atom. The molecule has 4 N–H and O–H groups in total. The molecular weight excluding hydrogens is 472 g/mol. The van der Waals surface area contributed by atoms with Crippen LogP contribution in [0, 0.1) is 0 Å². The Bertz CT molecular complexity index is 1830. The van der Waals surface area contributed by atoms with E-state index in [0.29, 0.717) is 11.1 Å². The molecule has 6 rings (SSSR count). The zero-order valence-electron chi connectivity index (χ0n) is 20.7. The predicted octanol–water partition coefficient (Wildman–Crippen LogP) is 8.39. The molecule has 0 heterocycles. The highest BCUT2D eigenvalue weighted by molar-refractivity contribution is 6.26. The van der Waals surface area contributed by atoms with E-state index in [-0.39, 0.29) is 10.8 Å². The SMILES string of the molecule is C=Cc1c(-c2c3ccccc3c(-c3ccccc3)c3c(O)c(O)c(O)c(O)c23)cc2c(c1C=C)C=CCC2. The lowest BCUT2D eigenvalue weighted by molar-refractivity contribution is 0.351. The average Bonchev–Trinajstić information content (AvgIpc) is 2.97. The first-order valence-electron chi connectivity index (χ1n) is 12.5. The van der Waals surface area contributed by atoms with Crippen LogP contribution in [0.15, 0.2) is 79.9 Å². The van der Waals surface area contributed by atoms with E-state index < -0.39 is 23.0 Å². The Morgan fingerprint density at radius 3 is 1.87 bits per heavy atom. The van der Waals surface area contributed by atoms with Crippen molar-refractivity contribution in [2.24, 2.45) is 0 Å². The van der Waals surface area contributed by atoms with Crippen molar-refractivity contribution >= 4 is 39.8 Å². The number of allylic oxidation sites excluding steroid dienone is 1. The molecule has 0 amide bonds. The highest BCUT2D eigenvalue weighted by Gasteiger charge is 2.28. The number of rotatable bonds is 4. The fraction of sp³-hybridized carbons (Fsp3) is 0.0588. The van der Waals surface area contributed by atoms with Crippen molar-refractivity contribution in [3.63, 3.8) is 0 Å². The van der Waals surface area contributed by atoms with Gasteiger partial charge < -0.3 is 20.4 Å². The van der Waals surface area contributed by atoms with Crippen LogP contribution in [0.3, 0.4) is 0 Å². The van der Waals surface area contributed by atoms with Crippen molar-refractivity contribution in [3.05, 3.63) is 102 Å². The highest BCUT2D eigenvalue weighted by atomic mass is 16.3. The topological polar surface area (TPSA) is 80.9 Å². The maximum atomic E-state index is 11.4. The Kier molecular flexibility index (Phi) is 5.46. The summed E-state index contributed by atoms with van der Waals surface area (Å²) in [4.78, 5) is 0. The van der Waals surface area contributed by atoms with Gasteiger partial charge in [0.15, 0.2) is 11.5 Å². The summed E-state index contributed by atoms with van der Waals surface area (Å²) in [5, 5.41) is 46.2. The summed E-state index contributed by atoms with van der Waals surface area (Å²) in [6.07, 6.45) is 9.60. The molecule has 4 nitrogen and oxygen atoms in total. The first kappa shape index (κ1) is 23.4. The third-order valence-electron chi connectivity index (χ3n) is 7.50. The summed E-state index contributed by atoms with van der Waals surface area (Å²) >= 11 is 0. The predicted molar refractivity (Wildman–Crippen MR) is 157 cm³/mol. The fourth-order valence-electron chi connectivity index (χ4n) is 5.84. The second kappa shape index (κ2) is 8.86.